The molecule has 0 radical (unpaired) electrons. The quantitative estimate of drug-likeness (QED) is 0.0332. The lowest BCUT2D eigenvalue weighted by Crippen LogP contribution is -2.26. The molecule has 4 aromatic rings. The topological polar surface area (TPSA) is 278 Å². The highest BCUT2D eigenvalue weighted by atomic mass is 31.2. The normalized spacial score (nSPS) is 11.3. The second kappa shape index (κ2) is 24.7. The van der Waals surface area contributed by atoms with Gasteiger partial charge in [0.25, 0.3) is 23.6 Å². The van der Waals surface area contributed by atoms with Crippen molar-refractivity contribution in [2.24, 2.45) is 0 Å². The lowest BCUT2D eigenvalue weighted by Gasteiger charge is -2.12. The SMILES string of the molecule is O=C(COc1ccccc1P(=O)(O)O)Nc1ccc(C(=O)NCCCOCCOCCOCCCNC(=O)c2cccc(NC(=O)COc3ccccc3P(=O)(O)O)c2)cc1. The van der Waals surface area contributed by atoms with Crippen LogP contribution in [0.1, 0.15) is 33.6 Å². The van der Waals surface area contributed by atoms with Gasteiger partial charge in [-0.05, 0) is 79.6 Å². The van der Waals surface area contributed by atoms with Crippen molar-refractivity contribution < 1.29 is 71.6 Å². The summed E-state index contributed by atoms with van der Waals surface area (Å²) in [6, 6.07) is 23.6. The summed E-state index contributed by atoms with van der Waals surface area (Å²) in [6.45, 7) is 1.98. The first-order chi connectivity index (χ1) is 29.2. The van der Waals surface area contributed by atoms with Crippen LogP contribution in [0.2, 0.25) is 0 Å². The molecule has 19 nitrogen and oxygen atoms in total. The van der Waals surface area contributed by atoms with E-state index in [9.17, 15) is 47.9 Å². The van der Waals surface area contributed by atoms with Gasteiger partial charge in [-0.25, -0.2) is 0 Å². The highest BCUT2D eigenvalue weighted by Crippen LogP contribution is 2.38. The van der Waals surface area contributed by atoms with Crippen molar-refractivity contribution in [1.82, 2.24) is 10.6 Å². The first-order valence-electron chi connectivity index (χ1n) is 18.9. The van der Waals surface area contributed by atoms with Crippen LogP contribution in [-0.2, 0) is 32.9 Å². The monoisotopic (exact) mass is 886 g/mol. The zero-order valence-corrected chi connectivity index (χ0v) is 34.7. The van der Waals surface area contributed by atoms with Crippen LogP contribution in [0.25, 0.3) is 0 Å². The molecule has 61 heavy (non-hydrogen) atoms. The molecule has 0 aliphatic carbocycles. The molecule has 0 heterocycles. The third kappa shape index (κ3) is 17.6. The van der Waals surface area contributed by atoms with E-state index in [-0.39, 0.29) is 33.9 Å². The van der Waals surface area contributed by atoms with Crippen molar-refractivity contribution >= 4 is 60.8 Å². The van der Waals surface area contributed by atoms with Crippen molar-refractivity contribution in [3.8, 4) is 11.5 Å². The molecule has 4 rings (SSSR count). The van der Waals surface area contributed by atoms with E-state index in [1.54, 1.807) is 42.5 Å². The second-order valence-electron chi connectivity index (χ2n) is 12.9. The molecule has 0 fully saturated rings. The average molecular weight is 887 g/mol. The summed E-state index contributed by atoms with van der Waals surface area (Å²) in [4.78, 5) is 87.6. The third-order valence-corrected chi connectivity index (χ3v) is 10.2. The second-order valence-corrected chi connectivity index (χ2v) is 16.1. The van der Waals surface area contributed by atoms with E-state index in [0.29, 0.717) is 88.1 Å². The number of amides is 4. The van der Waals surface area contributed by atoms with Crippen LogP contribution in [0.5, 0.6) is 11.5 Å². The maximum absolute atomic E-state index is 12.6. The predicted molar refractivity (Wildman–Crippen MR) is 224 cm³/mol. The van der Waals surface area contributed by atoms with Crippen molar-refractivity contribution in [3.63, 3.8) is 0 Å². The summed E-state index contributed by atoms with van der Waals surface area (Å²) in [6.07, 6.45) is 1.13. The fraction of sp³-hybridized carbons (Fsp3) is 0.300. The van der Waals surface area contributed by atoms with Crippen LogP contribution in [0, 0.1) is 0 Å². The summed E-state index contributed by atoms with van der Waals surface area (Å²) in [5, 5.41) is 10.1. The van der Waals surface area contributed by atoms with Gasteiger partial charge in [-0.2, -0.15) is 0 Å². The van der Waals surface area contributed by atoms with Gasteiger partial charge in [0, 0.05) is 48.8 Å². The van der Waals surface area contributed by atoms with E-state index >= 15 is 0 Å². The maximum atomic E-state index is 12.6. The molecule has 0 saturated carbocycles. The van der Waals surface area contributed by atoms with E-state index in [0.717, 1.165) is 0 Å². The minimum absolute atomic E-state index is 0.0928. The van der Waals surface area contributed by atoms with Gasteiger partial charge in [-0.3, -0.25) is 28.3 Å². The van der Waals surface area contributed by atoms with Crippen LogP contribution in [0.4, 0.5) is 11.4 Å². The lowest BCUT2D eigenvalue weighted by atomic mass is 10.2. The smallest absolute Gasteiger partial charge is 0.359 e. The van der Waals surface area contributed by atoms with Crippen molar-refractivity contribution in [2.75, 3.05) is 76.6 Å². The maximum Gasteiger partial charge on any atom is 0.359 e. The van der Waals surface area contributed by atoms with Crippen LogP contribution < -0.4 is 41.3 Å². The zero-order chi connectivity index (χ0) is 44.1. The number of benzene rings is 4. The fourth-order valence-electron chi connectivity index (χ4n) is 5.26. The Bertz CT molecular complexity index is 2160. The Balaban J connectivity index is 0.965. The summed E-state index contributed by atoms with van der Waals surface area (Å²) >= 11 is 0. The molecule has 328 valence electrons. The van der Waals surface area contributed by atoms with E-state index in [4.69, 9.17) is 23.7 Å². The van der Waals surface area contributed by atoms with E-state index in [1.807, 2.05) is 0 Å². The van der Waals surface area contributed by atoms with Gasteiger partial charge in [-0.1, -0.05) is 30.3 Å². The Morgan fingerprint density at radius 3 is 1.43 bits per heavy atom. The van der Waals surface area contributed by atoms with Gasteiger partial charge in [-0.15, -0.1) is 0 Å². The molecular formula is C40H48N4O15P2. The molecule has 0 aliphatic rings. The number of para-hydroxylation sites is 2. The Kier molecular flexibility index (Phi) is 19.5. The lowest BCUT2D eigenvalue weighted by molar-refractivity contribution is -0.118. The Morgan fingerprint density at radius 2 is 0.934 bits per heavy atom. The minimum Gasteiger partial charge on any atom is -0.483 e. The summed E-state index contributed by atoms with van der Waals surface area (Å²) < 4.78 is 50.4. The number of nitrogens with one attached hydrogen (secondary N) is 4. The molecule has 4 amide bonds. The van der Waals surface area contributed by atoms with Gasteiger partial charge < -0.3 is 64.5 Å². The largest absolute Gasteiger partial charge is 0.483 e. The molecule has 0 unspecified atom stereocenters. The Morgan fingerprint density at radius 1 is 0.492 bits per heavy atom. The third-order valence-electron chi connectivity index (χ3n) is 8.16. The van der Waals surface area contributed by atoms with E-state index < -0.39 is 40.2 Å². The molecule has 0 bridgehead atoms. The molecule has 0 spiro atoms. The molecule has 0 atom stereocenters. The van der Waals surface area contributed by atoms with Crippen molar-refractivity contribution in [1.29, 1.82) is 0 Å². The van der Waals surface area contributed by atoms with Gasteiger partial charge in [0.1, 0.15) is 22.1 Å². The summed E-state index contributed by atoms with van der Waals surface area (Å²) in [5.41, 5.74) is 1.45. The Labute approximate surface area is 351 Å². The molecule has 8 N–H and O–H groups in total. The van der Waals surface area contributed by atoms with Gasteiger partial charge in [0.2, 0.25) is 0 Å². The predicted octanol–water partition coefficient (Wildman–Crippen LogP) is 2.32. The molecule has 0 aliphatic heterocycles. The number of rotatable bonds is 26. The summed E-state index contributed by atoms with van der Waals surface area (Å²) in [5.74, 6) is -1.98. The first-order valence-corrected chi connectivity index (χ1v) is 22.1. The van der Waals surface area contributed by atoms with E-state index in [2.05, 4.69) is 21.3 Å². The first kappa shape index (κ1) is 48.2. The van der Waals surface area contributed by atoms with Gasteiger partial charge in [0.15, 0.2) is 13.2 Å². The molecule has 4 aromatic carbocycles. The molecule has 0 saturated heterocycles. The molecular weight excluding hydrogens is 838 g/mol. The van der Waals surface area contributed by atoms with E-state index in [1.165, 1.54) is 54.6 Å². The van der Waals surface area contributed by atoms with Crippen molar-refractivity contribution in [2.45, 2.75) is 12.8 Å². The van der Waals surface area contributed by atoms with Crippen LogP contribution in [0.3, 0.4) is 0 Å². The fourth-order valence-corrected chi connectivity index (χ4v) is 6.67. The standard InChI is InChI=1S/C40H48N4O15P2/c45-37(27-58-33-10-1-3-12-35(33)60(49,50)51)43-31-16-14-29(15-17-31)39(47)41-18-6-20-55-22-24-57-25-23-56-21-7-19-42-40(48)30-8-5-9-32(26-30)44-38(46)28-59-34-11-2-4-13-36(34)61(52,53)54/h1-5,8-17,26H,6-7,18-25,27-28H2,(H,41,47)(H,42,48)(H,43,45)(H,44,46)(H2,49,50,51)(H2,52,53,54). The highest BCUT2D eigenvalue weighted by Gasteiger charge is 2.24. The molecule has 0 aromatic heterocycles. The van der Waals surface area contributed by atoms with Crippen LogP contribution in [0.15, 0.2) is 97.1 Å². The molecule has 21 heteroatoms. The van der Waals surface area contributed by atoms with Crippen LogP contribution in [-0.4, -0.2) is 109 Å². The van der Waals surface area contributed by atoms with Crippen molar-refractivity contribution in [3.05, 3.63) is 108 Å². The number of hydrogen-bond donors (Lipinski definition) is 8. The number of carbonyl (C=O) groups excluding carboxylic acids is 4. The average Bonchev–Trinajstić information content (AvgIpc) is 3.23. The number of ether oxygens (including phenoxy) is 5. The number of hydrogen-bond acceptors (Lipinski definition) is 11. The Hall–Kier alpha value is -5.46. The number of anilines is 2. The zero-order valence-electron chi connectivity index (χ0n) is 32.9. The summed E-state index contributed by atoms with van der Waals surface area (Å²) in [7, 11) is -9.16. The van der Waals surface area contributed by atoms with Crippen LogP contribution >= 0.6 is 15.2 Å². The number of carbonyl (C=O) groups is 4. The van der Waals surface area contributed by atoms with Gasteiger partial charge >= 0.3 is 15.2 Å². The highest BCUT2D eigenvalue weighted by molar-refractivity contribution is 7.60. The van der Waals surface area contributed by atoms with Gasteiger partial charge in [0.05, 0.1) is 26.4 Å². The minimum atomic E-state index is -4.59.